The molecule has 2 aromatic carbocycles. The van der Waals surface area contributed by atoms with E-state index in [9.17, 15) is 9.50 Å². The SMILES string of the molecule is CCc1nn(-c2ccccc2)c(Oc2ccc(F)cc2)c1CN(CC1CC1)C[C@@H](O)COC(C)C. The fraction of sp³-hybridized carbons (Fsp3) is 0.464. The Bertz CT molecular complexity index is 1070. The third-order valence-electron chi connectivity index (χ3n) is 6.07. The third kappa shape index (κ3) is 7.13. The molecule has 4 rings (SSSR count). The van der Waals surface area contributed by atoms with Gasteiger partial charge in [-0.05, 0) is 75.4 Å². The van der Waals surface area contributed by atoms with E-state index < -0.39 is 6.10 Å². The predicted octanol–water partition coefficient (Wildman–Crippen LogP) is 5.36. The van der Waals surface area contributed by atoms with Gasteiger partial charge in [-0.1, -0.05) is 25.1 Å². The zero-order valence-electron chi connectivity index (χ0n) is 20.9. The number of hydrogen-bond donors (Lipinski definition) is 1. The minimum Gasteiger partial charge on any atom is -0.439 e. The summed E-state index contributed by atoms with van der Waals surface area (Å²) in [5.41, 5.74) is 2.82. The third-order valence-corrected chi connectivity index (χ3v) is 6.07. The molecule has 188 valence electrons. The highest BCUT2D eigenvalue weighted by Gasteiger charge is 2.28. The summed E-state index contributed by atoms with van der Waals surface area (Å²) in [4.78, 5) is 2.29. The van der Waals surface area contributed by atoms with Crippen LogP contribution in [0.1, 0.15) is 44.9 Å². The van der Waals surface area contributed by atoms with Crippen molar-refractivity contribution in [3.63, 3.8) is 0 Å². The molecule has 0 bridgehead atoms. The fourth-order valence-corrected chi connectivity index (χ4v) is 4.13. The Morgan fingerprint density at radius 2 is 1.83 bits per heavy atom. The number of aryl methyl sites for hydroxylation is 1. The number of halogens is 1. The molecule has 1 fully saturated rings. The van der Waals surface area contributed by atoms with Gasteiger partial charge < -0.3 is 14.6 Å². The van der Waals surface area contributed by atoms with Gasteiger partial charge in [-0.15, -0.1) is 0 Å². The van der Waals surface area contributed by atoms with Crippen molar-refractivity contribution in [2.75, 3.05) is 19.7 Å². The van der Waals surface area contributed by atoms with Crippen LogP contribution < -0.4 is 4.74 Å². The standard InChI is InChI=1S/C28H36FN3O3/c1-4-27-26(18-31(16-21-10-11-21)17-24(33)19-34-20(2)3)28(35-25-14-12-22(29)13-15-25)32(30-27)23-8-6-5-7-9-23/h5-9,12-15,20-21,24,33H,4,10-11,16-19H2,1-3H3/t24-/m1/s1. The van der Waals surface area contributed by atoms with Crippen molar-refractivity contribution < 1.29 is 19.0 Å². The van der Waals surface area contributed by atoms with Gasteiger partial charge in [0.2, 0.25) is 5.88 Å². The highest BCUT2D eigenvalue weighted by atomic mass is 19.1. The molecule has 1 atom stereocenters. The maximum atomic E-state index is 13.5. The van der Waals surface area contributed by atoms with Crippen LogP contribution in [0.2, 0.25) is 0 Å². The van der Waals surface area contributed by atoms with E-state index >= 15 is 0 Å². The second-order valence-corrected chi connectivity index (χ2v) is 9.56. The fourth-order valence-electron chi connectivity index (χ4n) is 4.13. The maximum absolute atomic E-state index is 13.5. The van der Waals surface area contributed by atoms with Crippen molar-refractivity contribution in [3.8, 4) is 17.3 Å². The van der Waals surface area contributed by atoms with E-state index in [1.165, 1.54) is 25.0 Å². The van der Waals surface area contributed by atoms with Crippen molar-refractivity contribution in [1.29, 1.82) is 0 Å². The molecule has 0 saturated heterocycles. The molecule has 7 heteroatoms. The van der Waals surface area contributed by atoms with Crippen LogP contribution >= 0.6 is 0 Å². The molecule has 0 spiro atoms. The first-order chi connectivity index (χ1) is 16.9. The quantitative estimate of drug-likeness (QED) is 0.356. The first-order valence-corrected chi connectivity index (χ1v) is 12.5. The lowest BCUT2D eigenvalue weighted by Crippen LogP contribution is -2.36. The van der Waals surface area contributed by atoms with E-state index in [1.54, 1.807) is 12.1 Å². The molecule has 3 aromatic rings. The van der Waals surface area contributed by atoms with Crippen LogP contribution in [0.25, 0.3) is 5.69 Å². The van der Waals surface area contributed by atoms with Gasteiger partial charge in [-0.25, -0.2) is 9.07 Å². The summed E-state index contributed by atoms with van der Waals surface area (Å²) in [6.07, 6.45) is 2.68. The van der Waals surface area contributed by atoms with Crippen molar-refractivity contribution >= 4 is 0 Å². The lowest BCUT2D eigenvalue weighted by Gasteiger charge is -2.26. The Morgan fingerprint density at radius 1 is 1.11 bits per heavy atom. The van der Waals surface area contributed by atoms with Crippen LogP contribution in [0.4, 0.5) is 4.39 Å². The summed E-state index contributed by atoms with van der Waals surface area (Å²) < 4.78 is 27.4. The first-order valence-electron chi connectivity index (χ1n) is 12.5. The lowest BCUT2D eigenvalue weighted by atomic mass is 10.1. The molecule has 6 nitrogen and oxygen atoms in total. The number of ether oxygens (including phenoxy) is 2. The van der Waals surface area contributed by atoms with Gasteiger partial charge in [-0.3, -0.25) is 4.90 Å². The molecule has 1 N–H and O–H groups in total. The van der Waals surface area contributed by atoms with Crippen molar-refractivity contribution in [1.82, 2.24) is 14.7 Å². The zero-order chi connectivity index (χ0) is 24.8. The average Bonchev–Trinajstić information content (AvgIpc) is 3.60. The van der Waals surface area contributed by atoms with Crippen molar-refractivity contribution in [2.24, 2.45) is 5.92 Å². The molecular weight excluding hydrogens is 445 g/mol. The highest BCUT2D eigenvalue weighted by Crippen LogP contribution is 2.34. The van der Waals surface area contributed by atoms with Gasteiger partial charge >= 0.3 is 0 Å². The smallest absolute Gasteiger partial charge is 0.227 e. The van der Waals surface area contributed by atoms with E-state index in [1.807, 2.05) is 48.9 Å². The van der Waals surface area contributed by atoms with Gasteiger partial charge in [0.05, 0.1) is 35.8 Å². The Morgan fingerprint density at radius 3 is 2.46 bits per heavy atom. The molecule has 1 heterocycles. The molecule has 1 aliphatic rings. The zero-order valence-corrected chi connectivity index (χ0v) is 20.9. The summed E-state index contributed by atoms with van der Waals surface area (Å²) in [5, 5.41) is 15.6. The molecule has 1 aromatic heterocycles. The molecule has 35 heavy (non-hydrogen) atoms. The van der Waals surface area contributed by atoms with Crippen LogP contribution in [-0.4, -0.2) is 51.7 Å². The second kappa shape index (κ2) is 11.8. The lowest BCUT2D eigenvalue weighted by molar-refractivity contribution is -0.0101. The van der Waals surface area contributed by atoms with E-state index in [4.69, 9.17) is 14.6 Å². The normalized spacial score (nSPS) is 14.6. The van der Waals surface area contributed by atoms with Crippen LogP contribution in [0.5, 0.6) is 11.6 Å². The summed E-state index contributed by atoms with van der Waals surface area (Å²) in [6, 6.07) is 15.9. The Labute approximate surface area is 207 Å². The summed E-state index contributed by atoms with van der Waals surface area (Å²) in [7, 11) is 0. The summed E-state index contributed by atoms with van der Waals surface area (Å²) >= 11 is 0. The van der Waals surface area contributed by atoms with Gasteiger partial charge in [-0.2, -0.15) is 5.10 Å². The van der Waals surface area contributed by atoms with Crippen LogP contribution in [0.3, 0.4) is 0 Å². The van der Waals surface area contributed by atoms with E-state index in [2.05, 4.69) is 11.8 Å². The predicted molar refractivity (Wildman–Crippen MR) is 135 cm³/mol. The molecule has 1 aliphatic carbocycles. The van der Waals surface area contributed by atoms with Crippen LogP contribution in [0, 0.1) is 11.7 Å². The highest BCUT2D eigenvalue weighted by molar-refractivity contribution is 5.43. The number of nitrogens with zero attached hydrogens (tertiary/aromatic N) is 3. The van der Waals surface area contributed by atoms with Gasteiger partial charge in [0.1, 0.15) is 11.6 Å². The Hall–Kier alpha value is -2.74. The average molecular weight is 482 g/mol. The number of hydrogen-bond acceptors (Lipinski definition) is 5. The van der Waals surface area contributed by atoms with E-state index in [0.29, 0.717) is 37.2 Å². The van der Waals surface area contributed by atoms with Crippen molar-refractivity contribution in [3.05, 3.63) is 71.7 Å². The first kappa shape index (κ1) is 25.4. The topological polar surface area (TPSA) is 59.8 Å². The number of rotatable bonds is 13. The Kier molecular flexibility index (Phi) is 8.55. The molecule has 0 aliphatic heterocycles. The molecular formula is C28H36FN3O3. The number of aliphatic hydroxyl groups is 1. The molecule has 1 saturated carbocycles. The Balaban J connectivity index is 1.66. The van der Waals surface area contributed by atoms with Crippen molar-refractivity contribution in [2.45, 2.75) is 58.8 Å². The largest absolute Gasteiger partial charge is 0.439 e. The summed E-state index contributed by atoms with van der Waals surface area (Å²) in [5.74, 6) is 1.51. The van der Waals surface area contributed by atoms with Gasteiger partial charge in [0.25, 0.3) is 0 Å². The minimum absolute atomic E-state index is 0.0769. The molecule has 0 unspecified atom stereocenters. The van der Waals surface area contributed by atoms with Crippen LogP contribution in [0.15, 0.2) is 54.6 Å². The summed E-state index contributed by atoms with van der Waals surface area (Å²) in [6.45, 7) is 8.36. The maximum Gasteiger partial charge on any atom is 0.227 e. The monoisotopic (exact) mass is 481 g/mol. The number of para-hydroxylation sites is 1. The minimum atomic E-state index is -0.577. The van der Waals surface area contributed by atoms with Crippen LogP contribution in [-0.2, 0) is 17.7 Å². The number of benzene rings is 2. The van der Waals surface area contributed by atoms with Gasteiger partial charge in [0, 0.05) is 19.6 Å². The molecule has 0 radical (unpaired) electrons. The second-order valence-electron chi connectivity index (χ2n) is 9.56. The van der Waals surface area contributed by atoms with Gasteiger partial charge in [0.15, 0.2) is 0 Å². The van der Waals surface area contributed by atoms with E-state index in [-0.39, 0.29) is 11.9 Å². The number of aliphatic hydroxyl groups excluding tert-OH is 1. The molecule has 0 amide bonds. The number of aromatic nitrogens is 2. The van der Waals surface area contributed by atoms with E-state index in [0.717, 1.165) is 29.9 Å².